The minimum absolute atomic E-state index is 0.381. The van der Waals surface area contributed by atoms with E-state index in [4.69, 9.17) is 0 Å². The molecule has 1 unspecified atom stereocenters. The normalized spacial score (nSPS) is 11.4. The summed E-state index contributed by atoms with van der Waals surface area (Å²) in [5, 5.41) is 5.28. The van der Waals surface area contributed by atoms with Crippen LogP contribution < -0.4 is 5.30 Å². The Bertz CT molecular complexity index is 735. The predicted octanol–water partition coefficient (Wildman–Crippen LogP) is 1.81. The molecule has 3 heterocycles. The van der Waals surface area contributed by atoms with Crippen LogP contribution in [0.5, 0.6) is 0 Å². The Morgan fingerprint density at radius 3 is 2.79 bits per heavy atom. The molecule has 3 rings (SSSR count). The first-order valence-corrected chi connectivity index (χ1v) is 6.64. The lowest BCUT2D eigenvalue weighted by Gasteiger charge is -2.04. The zero-order valence-corrected chi connectivity index (χ0v) is 11.9. The van der Waals surface area contributed by atoms with Crippen molar-refractivity contribution in [1.29, 1.82) is 0 Å². The van der Waals surface area contributed by atoms with Crippen molar-refractivity contribution in [2.45, 2.75) is 19.8 Å². The van der Waals surface area contributed by atoms with E-state index in [9.17, 15) is 0 Å². The van der Waals surface area contributed by atoms with Crippen LogP contribution >= 0.6 is 9.24 Å². The number of rotatable bonds is 2. The highest BCUT2D eigenvalue weighted by atomic mass is 31.0. The predicted molar refractivity (Wildman–Crippen MR) is 77.4 cm³/mol. The third kappa shape index (κ3) is 2.22. The van der Waals surface area contributed by atoms with Crippen molar-refractivity contribution in [1.82, 2.24) is 24.6 Å². The molecular weight excluding hydrogens is 257 g/mol. The Kier molecular flexibility index (Phi) is 2.99. The smallest absolute Gasteiger partial charge is 0.164 e. The van der Waals surface area contributed by atoms with Gasteiger partial charge in [-0.15, -0.1) is 9.24 Å². The zero-order valence-electron chi connectivity index (χ0n) is 10.8. The van der Waals surface area contributed by atoms with Crippen molar-refractivity contribution in [3.8, 4) is 11.4 Å². The summed E-state index contributed by atoms with van der Waals surface area (Å²) >= 11 is 0. The fourth-order valence-electron chi connectivity index (χ4n) is 1.93. The molecule has 0 bridgehead atoms. The lowest BCUT2D eigenvalue weighted by Crippen LogP contribution is -2.00. The third-order valence-corrected chi connectivity index (χ3v) is 3.25. The SMILES string of the molecule is CC(C)c1cnn2cnc(-c3cncc(P)c3)nc12. The van der Waals surface area contributed by atoms with E-state index in [2.05, 4.69) is 43.1 Å². The van der Waals surface area contributed by atoms with E-state index in [1.807, 2.05) is 12.3 Å². The van der Waals surface area contributed by atoms with Gasteiger partial charge in [-0.25, -0.2) is 14.5 Å². The molecule has 3 aromatic heterocycles. The summed E-state index contributed by atoms with van der Waals surface area (Å²) in [6, 6.07) is 1.99. The van der Waals surface area contributed by atoms with Crippen molar-refractivity contribution < 1.29 is 0 Å². The van der Waals surface area contributed by atoms with Crippen LogP contribution in [0, 0.1) is 0 Å². The molecule has 0 aliphatic rings. The van der Waals surface area contributed by atoms with E-state index in [1.54, 1.807) is 23.2 Å². The molecule has 0 aliphatic carbocycles. The lowest BCUT2D eigenvalue weighted by molar-refractivity contribution is 0.868. The van der Waals surface area contributed by atoms with Crippen LogP contribution in [0.4, 0.5) is 0 Å². The van der Waals surface area contributed by atoms with E-state index in [0.717, 1.165) is 22.1 Å². The highest BCUT2D eigenvalue weighted by Gasteiger charge is 2.11. The summed E-state index contributed by atoms with van der Waals surface area (Å²) in [5.41, 5.74) is 2.89. The highest BCUT2D eigenvalue weighted by molar-refractivity contribution is 7.27. The van der Waals surface area contributed by atoms with Gasteiger partial charge in [0, 0.05) is 23.5 Å². The molecule has 96 valence electrons. The third-order valence-electron chi connectivity index (χ3n) is 2.94. The fourth-order valence-corrected chi connectivity index (χ4v) is 2.20. The Hall–Kier alpha value is -1.87. The van der Waals surface area contributed by atoms with Crippen molar-refractivity contribution in [3.63, 3.8) is 0 Å². The molecule has 3 aromatic rings. The monoisotopic (exact) mass is 271 g/mol. The maximum Gasteiger partial charge on any atom is 0.164 e. The standard InChI is InChI=1S/C13H14N5P/c1-8(2)11-6-16-18-7-15-12(17-13(11)18)9-3-10(19)5-14-4-9/h3-8H,19H2,1-2H3. The molecule has 0 aliphatic heterocycles. The summed E-state index contributed by atoms with van der Waals surface area (Å²) in [7, 11) is 2.63. The fraction of sp³-hybridized carbons (Fsp3) is 0.231. The second-order valence-electron chi connectivity index (χ2n) is 4.71. The first kappa shape index (κ1) is 12.2. The molecule has 0 saturated heterocycles. The molecule has 5 nitrogen and oxygen atoms in total. The number of hydrogen-bond donors (Lipinski definition) is 0. The van der Waals surface area contributed by atoms with Crippen LogP contribution in [0.1, 0.15) is 25.3 Å². The molecule has 0 aromatic carbocycles. The molecule has 1 atom stereocenters. The summed E-state index contributed by atoms with van der Waals surface area (Å²) in [5.74, 6) is 1.05. The van der Waals surface area contributed by atoms with Gasteiger partial charge < -0.3 is 0 Å². The molecule has 6 heteroatoms. The molecule has 0 fully saturated rings. The van der Waals surface area contributed by atoms with Crippen LogP contribution in [0.25, 0.3) is 17.0 Å². The topological polar surface area (TPSA) is 56.0 Å². The van der Waals surface area contributed by atoms with Gasteiger partial charge in [-0.3, -0.25) is 4.98 Å². The van der Waals surface area contributed by atoms with Crippen molar-refractivity contribution in [2.24, 2.45) is 0 Å². The number of aromatic nitrogens is 5. The molecule has 19 heavy (non-hydrogen) atoms. The van der Waals surface area contributed by atoms with Crippen LogP contribution in [0.2, 0.25) is 0 Å². The summed E-state index contributed by atoms with van der Waals surface area (Å²) in [4.78, 5) is 13.1. The first-order valence-electron chi connectivity index (χ1n) is 6.06. The summed E-state index contributed by atoms with van der Waals surface area (Å²) < 4.78 is 1.71. The van der Waals surface area contributed by atoms with Gasteiger partial charge in [0.25, 0.3) is 0 Å². The largest absolute Gasteiger partial charge is 0.263 e. The van der Waals surface area contributed by atoms with E-state index in [-0.39, 0.29) is 0 Å². The van der Waals surface area contributed by atoms with Gasteiger partial charge in [0.2, 0.25) is 0 Å². The number of hydrogen-bond acceptors (Lipinski definition) is 4. The maximum absolute atomic E-state index is 4.61. The Balaban J connectivity index is 2.18. The number of fused-ring (bicyclic) bond motifs is 1. The van der Waals surface area contributed by atoms with E-state index in [1.165, 1.54) is 0 Å². The Morgan fingerprint density at radius 1 is 1.21 bits per heavy atom. The van der Waals surface area contributed by atoms with Gasteiger partial charge in [0.1, 0.15) is 6.33 Å². The quantitative estimate of drug-likeness (QED) is 0.667. The average Bonchev–Trinajstić information content (AvgIpc) is 2.81. The van der Waals surface area contributed by atoms with E-state index >= 15 is 0 Å². The first-order chi connectivity index (χ1) is 9.15. The molecule has 0 radical (unpaired) electrons. The van der Waals surface area contributed by atoms with Crippen LogP contribution in [0.3, 0.4) is 0 Å². The average molecular weight is 271 g/mol. The van der Waals surface area contributed by atoms with Gasteiger partial charge in [-0.05, 0) is 17.3 Å². The number of pyridine rings is 1. The summed E-state index contributed by atoms with van der Waals surface area (Å²) in [6.45, 7) is 4.26. The van der Waals surface area contributed by atoms with Gasteiger partial charge in [0.15, 0.2) is 11.5 Å². The van der Waals surface area contributed by atoms with Gasteiger partial charge in [-0.1, -0.05) is 13.8 Å². The maximum atomic E-state index is 4.61. The van der Waals surface area contributed by atoms with Crippen LogP contribution in [-0.2, 0) is 0 Å². The van der Waals surface area contributed by atoms with Crippen molar-refractivity contribution in [2.75, 3.05) is 0 Å². The van der Waals surface area contributed by atoms with Gasteiger partial charge >= 0.3 is 0 Å². The second kappa shape index (κ2) is 4.67. The minimum Gasteiger partial charge on any atom is -0.263 e. The molecule has 0 spiro atoms. The van der Waals surface area contributed by atoms with Crippen LogP contribution in [0.15, 0.2) is 31.0 Å². The molecular formula is C13H14N5P. The Labute approximate surface area is 113 Å². The highest BCUT2D eigenvalue weighted by Crippen LogP contribution is 2.20. The van der Waals surface area contributed by atoms with Crippen LogP contribution in [-0.4, -0.2) is 24.6 Å². The van der Waals surface area contributed by atoms with Gasteiger partial charge in [0.05, 0.1) is 6.20 Å². The molecule has 0 saturated carbocycles. The second-order valence-corrected chi connectivity index (χ2v) is 5.38. The molecule has 0 amide bonds. The van der Waals surface area contributed by atoms with E-state index in [0.29, 0.717) is 11.7 Å². The zero-order chi connectivity index (χ0) is 13.4. The number of nitrogens with zero attached hydrogens (tertiary/aromatic N) is 5. The minimum atomic E-state index is 0.381. The Morgan fingerprint density at radius 2 is 2.05 bits per heavy atom. The van der Waals surface area contributed by atoms with Crippen molar-refractivity contribution >= 4 is 20.2 Å². The van der Waals surface area contributed by atoms with Gasteiger partial charge in [-0.2, -0.15) is 5.10 Å². The summed E-state index contributed by atoms with van der Waals surface area (Å²) in [6.07, 6.45) is 7.09. The van der Waals surface area contributed by atoms with E-state index < -0.39 is 0 Å². The molecule has 0 N–H and O–H groups in total. The van der Waals surface area contributed by atoms with Crippen molar-refractivity contribution in [3.05, 3.63) is 36.5 Å². The lowest BCUT2D eigenvalue weighted by atomic mass is 10.1.